The third kappa shape index (κ3) is 7.55. The van der Waals surface area contributed by atoms with Gasteiger partial charge in [-0.05, 0) is 68.6 Å². The summed E-state index contributed by atoms with van der Waals surface area (Å²) in [4.78, 5) is 19.7. The lowest BCUT2D eigenvalue weighted by molar-refractivity contribution is -0.108. The van der Waals surface area contributed by atoms with Crippen LogP contribution < -0.4 is 21.8 Å². The van der Waals surface area contributed by atoms with Gasteiger partial charge in [0.1, 0.15) is 17.9 Å². The van der Waals surface area contributed by atoms with Gasteiger partial charge in [0.25, 0.3) is 0 Å². The van der Waals surface area contributed by atoms with Crippen LogP contribution in [-0.2, 0) is 4.79 Å². The molecule has 190 valence electrons. The summed E-state index contributed by atoms with van der Waals surface area (Å²) in [7, 11) is 0. The van der Waals surface area contributed by atoms with Crippen molar-refractivity contribution in [2.24, 2.45) is 15.7 Å². The van der Waals surface area contributed by atoms with Gasteiger partial charge in [-0.15, -0.1) is 0 Å². The van der Waals surface area contributed by atoms with Crippen LogP contribution >= 0.6 is 15.9 Å². The molecule has 1 unspecified atom stereocenters. The Morgan fingerprint density at radius 1 is 1.19 bits per heavy atom. The molecule has 0 amide bonds. The van der Waals surface area contributed by atoms with Crippen molar-refractivity contribution in [1.29, 1.82) is 0 Å². The van der Waals surface area contributed by atoms with Crippen LogP contribution in [0.5, 0.6) is 0 Å². The molecular weight excluding hydrogens is 542 g/mol. The monoisotopic (exact) mass is 564 g/mol. The van der Waals surface area contributed by atoms with Crippen molar-refractivity contribution in [3.63, 3.8) is 0 Å². The predicted octanol–water partition coefficient (Wildman–Crippen LogP) is 2.86. The van der Waals surface area contributed by atoms with Crippen molar-refractivity contribution in [2.45, 2.75) is 12.3 Å². The van der Waals surface area contributed by atoms with Gasteiger partial charge in [0.15, 0.2) is 17.5 Å². The Balaban J connectivity index is 1.48. The van der Waals surface area contributed by atoms with Crippen LogP contribution in [0.3, 0.4) is 0 Å². The van der Waals surface area contributed by atoms with E-state index in [9.17, 15) is 18.8 Å². The molecule has 0 spiro atoms. The highest BCUT2D eigenvalue weighted by Gasteiger charge is 2.16. The fourth-order valence-corrected chi connectivity index (χ4v) is 3.34. The summed E-state index contributed by atoms with van der Waals surface area (Å²) in [6.45, 7) is 1.00. The standard InChI is InChI=1S/C22H23BrF2N8O3/c23-17-10-16(6-7-18(17)25)30-21(31-35)19-20(33-36-32-19)27-8-1-9-28-22(26)29-11-14(12-34)13-2-4-15(24)5-3-13/h2-7,10,12,14,35H,1,8-9,11H2,(H,27,33)(H,30,31)(H3,26,28,29). The van der Waals surface area contributed by atoms with E-state index in [1.807, 2.05) is 5.48 Å². The van der Waals surface area contributed by atoms with Gasteiger partial charge in [-0.2, -0.15) is 0 Å². The van der Waals surface area contributed by atoms with Crippen LogP contribution in [0, 0.1) is 11.6 Å². The molecule has 1 atom stereocenters. The number of carbonyl (C=O) groups excluding carboxylic acids is 1. The lowest BCUT2D eigenvalue weighted by Gasteiger charge is -2.10. The maximum Gasteiger partial charge on any atom is 0.202 e. The molecule has 3 rings (SSSR count). The number of nitrogens with one attached hydrogen (secondary N) is 3. The van der Waals surface area contributed by atoms with Crippen molar-refractivity contribution in [2.75, 3.05) is 25.0 Å². The zero-order valence-corrected chi connectivity index (χ0v) is 20.4. The number of carbonyl (C=O) groups is 1. The van der Waals surface area contributed by atoms with E-state index in [1.165, 1.54) is 42.5 Å². The Hall–Kier alpha value is -3.91. The van der Waals surface area contributed by atoms with Crippen LogP contribution in [0.4, 0.5) is 20.3 Å². The fraction of sp³-hybridized carbons (Fsp3) is 0.227. The smallest absolute Gasteiger partial charge is 0.202 e. The normalized spacial score (nSPS) is 12.8. The summed E-state index contributed by atoms with van der Waals surface area (Å²) in [5.41, 5.74) is 8.91. The van der Waals surface area contributed by atoms with Gasteiger partial charge >= 0.3 is 0 Å². The summed E-state index contributed by atoms with van der Waals surface area (Å²) in [6, 6.07) is 9.72. The van der Waals surface area contributed by atoms with E-state index in [2.05, 4.69) is 46.9 Å². The van der Waals surface area contributed by atoms with E-state index in [0.29, 0.717) is 30.8 Å². The zero-order valence-electron chi connectivity index (χ0n) is 18.8. The van der Waals surface area contributed by atoms with Crippen molar-refractivity contribution >= 4 is 45.5 Å². The molecule has 0 saturated heterocycles. The second-order valence-electron chi connectivity index (χ2n) is 7.36. The summed E-state index contributed by atoms with van der Waals surface area (Å²) < 4.78 is 31.4. The molecule has 0 saturated carbocycles. The van der Waals surface area contributed by atoms with Gasteiger partial charge < -0.3 is 21.2 Å². The lowest BCUT2D eigenvalue weighted by atomic mass is 10.0. The van der Waals surface area contributed by atoms with E-state index in [1.54, 1.807) is 0 Å². The number of anilines is 1. The maximum absolute atomic E-state index is 13.4. The minimum absolute atomic E-state index is 0.0577. The highest BCUT2D eigenvalue weighted by Crippen LogP contribution is 2.23. The van der Waals surface area contributed by atoms with E-state index < -0.39 is 11.7 Å². The van der Waals surface area contributed by atoms with E-state index in [0.717, 1.165) is 6.29 Å². The molecule has 0 aliphatic rings. The molecule has 6 N–H and O–H groups in total. The molecule has 1 aromatic heterocycles. The van der Waals surface area contributed by atoms with Gasteiger partial charge in [0.05, 0.1) is 22.6 Å². The third-order valence-corrected chi connectivity index (χ3v) is 5.44. The van der Waals surface area contributed by atoms with Crippen LogP contribution in [-0.4, -0.2) is 53.2 Å². The molecule has 11 nitrogen and oxygen atoms in total. The first-order valence-electron chi connectivity index (χ1n) is 10.7. The van der Waals surface area contributed by atoms with Gasteiger partial charge in [-0.25, -0.2) is 18.4 Å². The number of aromatic nitrogens is 2. The lowest BCUT2D eigenvalue weighted by Crippen LogP contribution is -2.33. The summed E-state index contributed by atoms with van der Waals surface area (Å²) in [6.07, 6.45) is 1.33. The number of rotatable bonds is 11. The second kappa shape index (κ2) is 13.3. The molecule has 0 radical (unpaired) electrons. The van der Waals surface area contributed by atoms with Crippen molar-refractivity contribution in [1.82, 2.24) is 21.1 Å². The first-order chi connectivity index (χ1) is 17.4. The highest BCUT2D eigenvalue weighted by atomic mass is 79.9. The van der Waals surface area contributed by atoms with Crippen LogP contribution in [0.2, 0.25) is 0 Å². The first-order valence-corrected chi connectivity index (χ1v) is 11.5. The van der Waals surface area contributed by atoms with Crippen LogP contribution in [0.1, 0.15) is 23.6 Å². The number of amidine groups is 1. The molecule has 14 heteroatoms. The topological polar surface area (TPSA) is 163 Å². The molecule has 0 fully saturated rings. The molecule has 0 aliphatic heterocycles. The number of aliphatic imine (C=N–C) groups is 2. The van der Waals surface area contributed by atoms with Gasteiger partial charge in [0, 0.05) is 13.1 Å². The molecule has 0 aliphatic carbocycles. The van der Waals surface area contributed by atoms with E-state index >= 15 is 0 Å². The SMILES string of the molecule is NC(=NCC(C=O)c1ccc(F)cc1)NCCCNc1nonc1C(=Nc1ccc(F)c(Br)c1)NO. The summed E-state index contributed by atoms with van der Waals surface area (Å²) in [5, 5.41) is 22.9. The third-order valence-electron chi connectivity index (χ3n) is 4.84. The van der Waals surface area contributed by atoms with Crippen molar-refractivity contribution in [3.05, 3.63) is 69.8 Å². The number of aldehydes is 1. The number of benzene rings is 2. The Morgan fingerprint density at radius 2 is 1.97 bits per heavy atom. The van der Waals surface area contributed by atoms with Crippen LogP contribution in [0.15, 0.2) is 61.6 Å². The van der Waals surface area contributed by atoms with Crippen molar-refractivity contribution < 1.29 is 23.4 Å². The molecule has 3 aromatic rings. The average Bonchev–Trinajstić information content (AvgIpc) is 3.34. The number of guanidine groups is 1. The molecule has 36 heavy (non-hydrogen) atoms. The number of hydrogen-bond donors (Lipinski definition) is 5. The Morgan fingerprint density at radius 3 is 2.67 bits per heavy atom. The molecule has 0 bridgehead atoms. The molecule has 2 aromatic carbocycles. The first kappa shape index (κ1) is 26.7. The van der Waals surface area contributed by atoms with Gasteiger partial charge in [-0.1, -0.05) is 12.1 Å². The average molecular weight is 565 g/mol. The van der Waals surface area contributed by atoms with E-state index in [-0.39, 0.29) is 40.1 Å². The predicted molar refractivity (Wildman–Crippen MR) is 132 cm³/mol. The number of nitrogens with two attached hydrogens (primary N) is 1. The van der Waals surface area contributed by atoms with Crippen molar-refractivity contribution in [3.8, 4) is 0 Å². The van der Waals surface area contributed by atoms with Gasteiger partial charge in [0.2, 0.25) is 5.82 Å². The minimum atomic E-state index is -0.530. The summed E-state index contributed by atoms with van der Waals surface area (Å²) in [5.74, 6) is -1.03. The second-order valence-corrected chi connectivity index (χ2v) is 8.21. The number of hydroxylamine groups is 1. The van der Waals surface area contributed by atoms with E-state index in [4.69, 9.17) is 10.4 Å². The number of hydrogen-bond acceptors (Lipinski definition) is 8. The Kier molecular flexibility index (Phi) is 9.82. The minimum Gasteiger partial charge on any atom is -0.370 e. The maximum atomic E-state index is 13.4. The highest BCUT2D eigenvalue weighted by molar-refractivity contribution is 9.10. The van der Waals surface area contributed by atoms with Crippen LogP contribution in [0.25, 0.3) is 0 Å². The van der Waals surface area contributed by atoms with Gasteiger partial charge in [-0.3, -0.25) is 15.7 Å². The Bertz CT molecular complexity index is 1220. The fourth-order valence-electron chi connectivity index (χ4n) is 2.98. The quantitative estimate of drug-likeness (QED) is 0.0774. The number of halogens is 3. The zero-order chi connectivity index (χ0) is 25.9. The Labute approximate surface area is 212 Å². The summed E-state index contributed by atoms with van der Waals surface area (Å²) >= 11 is 3.08. The molecular formula is C22H23BrF2N8O3. The largest absolute Gasteiger partial charge is 0.370 e. The number of nitrogens with zero attached hydrogens (tertiary/aromatic N) is 4. The molecule has 1 heterocycles.